The maximum Gasteiger partial charge on any atom is 0.410 e. The molecule has 9 nitrogen and oxygen atoms in total. The second-order valence-corrected chi connectivity index (χ2v) is 15.7. The number of benzene rings is 5. The van der Waals surface area contributed by atoms with Gasteiger partial charge >= 0.3 is 12.1 Å². The monoisotopic (exact) mass is 839 g/mol. The molecule has 5 aromatic carbocycles. The van der Waals surface area contributed by atoms with Crippen molar-refractivity contribution < 1.29 is 38.4 Å². The van der Waals surface area contributed by atoms with Crippen molar-refractivity contribution in [3.63, 3.8) is 0 Å². The van der Waals surface area contributed by atoms with Crippen LogP contribution in [0.1, 0.15) is 79.0 Å². The summed E-state index contributed by atoms with van der Waals surface area (Å²) < 4.78 is 28.5. The Morgan fingerprint density at radius 3 is 1.93 bits per heavy atom. The van der Waals surface area contributed by atoms with Crippen molar-refractivity contribution in [3.05, 3.63) is 171 Å². The van der Waals surface area contributed by atoms with Crippen LogP contribution < -0.4 is 4.74 Å². The molecule has 0 spiro atoms. The molecule has 2 heterocycles. The Bertz CT molecular complexity index is 2000. The van der Waals surface area contributed by atoms with Gasteiger partial charge in [0.2, 0.25) is 5.79 Å². The molecule has 0 unspecified atom stereocenters. The number of halogens is 2. The first kappa shape index (κ1) is 43.7. The normalized spacial score (nSPS) is 15.7. The van der Waals surface area contributed by atoms with Crippen molar-refractivity contribution in [3.8, 4) is 5.75 Å². The van der Waals surface area contributed by atoms with E-state index in [1.54, 1.807) is 17.0 Å². The Morgan fingerprint density at radius 1 is 0.763 bits per heavy atom. The first-order chi connectivity index (χ1) is 28.6. The summed E-state index contributed by atoms with van der Waals surface area (Å²) in [6, 6.07) is 39.5. The summed E-state index contributed by atoms with van der Waals surface area (Å²) in [7, 11) is 0. The zero-order valence-electron chi connectivity index (χ0n) is 33.5. The number of rotatable bonds is 17. The van der Waals surface area contributed by atoms with E-state index in [0.29, 0.717) is 56.2 Å². The highest BCUT2D eigenvalue weighted by molar-refractivity contribution is 6.35. The minimum atomic E-state index is -1.20. The molecule has 1 fully saturated rings. The molecule has 11 heteroatoms. The first-order valence-electron chi connectivity index (χ1n) is 20.0. The van der Waals surface area contributed by atoms with Gasteiger partial charge < -0.3 is 33.7 Å². The van der Waals surface area contributed by atoms with E-state index in [1.807, 2.05) is 129 Å². The minimum absolute atomic E-state index is 0.252. The number of carboxylic acids is 1. The number of carboxylic acid groups (broad SMARTS) is 1. The average Bonchev–Trinajstić information content (AvgIpc) is 3.61. The third-order valence-corrected chi connectivity index (χ3v) is 11.1. The first-order valence-corrected chi connectivity index (χ1v) is 20.7. The fourth-order valence-corrected chi connectivity index (χ4v) is 7.79. The number of amides is 1. The smallest absolute Gasteiger partial charge is 0.410 e. The number of unbranched alkanes of at least 4 members (excludes halogenated alkanes) is 3. The third kappa shape index (κ3) is 11.2. The molecule has 59 heavy (non-hydrogen) atoms. The molecule has 2 aliphatic rings. The Morgan fingerprint density at radius 2 is 1.34 bits per heavy atom. The van der Waals surface area contributed by atoms with Crippen LogP contribution in [0.25, 0.3) is 0 Å². The Labute approximate surface area is 356 Å². The number of carbonyl (C=O) groups excluding carboxylic acids is 1. The second kappa shape index (κ2) is 20.9. The molecular formula is C48H51Cl2NO8. The van der Waals surface area contributed by atoms with Crippen LogP contribution in [-0.4, -0.2) is 60.8 Å². The van der Waals surface area contributed by atoms with Crippen LogP contribution in [0.3, 0.4) is 0 Å². The van der Waals surface area contributed by atoms with Gasteiger partial charge in [0.25, 0.3) is 0 Å². The largest absolute Gasteiger partial charge is 0.480 e. The number of nitrogens with zero attached hydrogens (tertiary/aromatic N) is 1. The zero-order chi connectivity index (χ0) is 41.7. The fourth-order valence-electron chi connectivity index (χ4n) is 7.28. The van der Waals surface area contributed by atoms with Gasteiger partial charge in [0.15, 0.2) is 0 Å². The van der Waals surface area contributed by atoms with E-state index in [-0.39, 0.29) is 12.2 Å². The summed E-state index contributed by atoms with van der Waals surface area (Å²) in [6.07, 6.45) is 3.46. The van der Waals surface area contributed by atoms with E-state index in [1.165, 1.54) is 0 Å². The fraction of sp³-hybridized carbons (Fsp3) is 0.333. The molecule has 0 aromatic heterocycles. The molecule has 2 aliphatic heterocycles. The van der Waals surface area contributed by atoms with Gasteiger partial charge in [0.1, 0.15) is 17.3 Å². The zero-order valence-corrected chi connectivity index (χ0v) is 35.0. The molecule has 1 amide bonds. The topological polar surface area (TPSA) is 104 Å². The van der Waals surface area contributed by atoms with Crippen molar-refractivity contribution >= 4 is 35.3 Å². The molecular weight excluding hydrogens is 789 g/mol. The summed E-state index contributed by atoms with van der Waals surface area (Å²) in [4.78, 5) is 26.6. The average molecular weight is 841 g/mol. The Balaban J connectivity index is 0.000000226. The summed E-state index contributed by atoms with van der Waals surface area (Å²) in [5, 5.41) is 11.4. The lowest BCUT2D eigenvalue weighted by Gasteiger charge is -2.32. The predicted molar refractivity (Wildman–Crippen MR) is 229 cm³/mol. The lowest BCUT2D eigenvalue weighted by molar-refractivity contribution is -0.180. The van der Waals surface area contributed by atoms with Gasteiger partial charge in [-0.1, -0.05) is 139 Å². The highest BCUT2D eigenvalue weighted by Crippen LogP contribution is 2.40. The van der Waals surface area contributed by atoms with E-state index < -0.39 is 17.2 Å². The van der Waals surface area contributed by atoms with Crippen LogP contribution in [0.5, 0.6) is 5.75 Å². The molecule has 310 valence electrons. The van der Waals surface area contributed by atoms with Gasteiger partial charge in [-0.3, -0.25) is 4.79 Å². The minimum Gasteiger partial charge on any atom is -0.480 e. The molecule has 0 bridgehead atoms. The van der Waals surface area contributed by atoms with Gasteiger partial charge in [-0.2, -0.15) is 0 Å². The predicted octanol–water partition coefficient (Wildman–Crippen LogP) is 11.0. The van der Waals surface area contributed by atoms with Crippen molar-refractivity contribution in [2.45, 2.75) is 70.1 Å². The standard InChI is InChI=1S/C28H35Cl2NO6.C20H16O2/c1-28(2)35-18-21-16-20(10-11-25(21)37-28)26-17-31(27(32)36-26)12-5-3-4-6-13-33-14-15-34-19-22-23(29)8-7-9-24(22)30;21-19(22)20(16-10-4-1-5-11-16,17-12-6-2-7-13-17)18-14-8-3-9-15-18/h7-11,16,26H,3-6,12-15,17-19H2,1-2H3;1-15H,(H,21,22)/t26-;/m0./s1. The quantitative estimate of drug-likeness (QED) is 0.0729. The van der Waals surface area contributed by atoms with Gasteiger partial charge in [0, 0.05) is 48.2 Å². The lowest BCUT2D eigenvalue weighted by atomic mass is 9.69. The number of cyclic esters (lactones) is 1. The number of carbonyl (C=O) groups is 2. The number of fused-ring (bicyclic) bond motifs is 1. The number of hydrogen-bond donors (Lipinski definition) is 1. The lowest BCUT2D eigenvalue weighted by Crippen LogP contribution is -2.38. The highest BCUT2D eigenvalue weighted by Gasteiger charge is 2.44. The summed E-state index contributed by atoms with van der Waals surface area (Å²) in [6.45, 7) is 7.60. The van der Waals surface area contributed by atoms with Gasteiger partial charge in [-0.05, 0) is 59.4 Å². The van der Waals surface area contributed by atoms with Crippen molar-refractivity contribution in [2.75, 3.05) is 32.9 Å². The van der Waals surface area contributed by atoms with Crippen molar-refractivity contribution in [1.82, 2.24) is 4.90 Å². The molecule has 0 aliphatic carbocycles. The summed E-state index contributed by atoms with van der Waals surface area (Å²) in [5.41, 5.74) is 3.79. The van der Waals surface area contributed by atoms with Gasteiger partial charge in [-0.25, -0.2) is 4.79 Å². The van der Waals surface area contributed by atoms with Crippen LogP contribution >= 0.6 is 23.2 Å². The second-order valence-electron chi connectivity index (χ2n) is 14.9. The number of hydrogen-bond acceptors (Lipinski definition) is 7. The SMILES string of the molecule is CC1(C)OCc2cc([C@@H]3CN(CCCCCCOCCOCc4c(Cl)cccc4Cl)C(=O)O3)ccc2O1.O=C(O)C(c1ccccc1)(c1ccccc1)c1ccccc1. The van der Waals surface area contributed by atoms with E-state index in [4.69, 9.17) is 46.9 Å². The third-order valence-electron chi connectivity index (χ3n) is 10.4. The molecule has 0 radical (unpaired) electrons. The molecule has 0 saturated carbocycles. The van der Waals surface area contributed by atoms with Crippen molar-refractivity contribution in [1.29, 1.82) is 0 Å². The van der Waals surface area contributed by atoms with Crippen LogP contribution in [-0.2, 0) is 42.4 Å². The van der Waals surface area contributed by atoms with Crippen LogP contribution in [0.15, 0.2) is 127 Å². The Hall–Kier alpha value is -4.90. The molecule has 7 rings (SSSR count). The van der Waals surface area contributed by atoms with E-state index >= 15 is 0 Å². The maximum absolute atomic E-state index is 12.4. The Kier molecular flexibility index (Phi) is 15.4. The number of ether oxygens (including phenoxy) is 5. The van der Waals surface area contributed by atoms with E-state index in [2.05, 4.69) is 0 Å². The number of aliphatic carboxylic acids is 1. The van der Waals surface area contributed by atoms with Crippen LogP contribution in [0.4, 0.5) is 4.79 Å². The van der Waals surface area contributed by atoms with Crippen LogP contribution in [0.2, 0.25) is 10.0 Å². The molecule has 1 saturated heterocycles. The van der Waals surface area contributed by atoms with Gasteiger partial charge in [0.05, 0.1) is 33.0 Å². The maximum atomic E-state index is 12.4. The van der Waals surface area contributed by atoms with Gasteiger partial charge in [-0.15, -0.1) is 0 Å². The van der Waals surface area contributed by atoms with E-state index in [9.17, 15) is 14.7 Å². The summed E-state index contributed by atoms with van der Waals surface area (Å²) >= 11 is 12.3. The molecule has 1 N–H and O–H groups in total. The summed E-state index contributed by atoms with van der Waals surface area (Å²) in [5.74, 6) is -0.686. The molecule has 1 atom stereocenters. The molecule has 5 aromatic rings. The van der Waals surface area contributed by atoms with Crippen molar-refractivity contribution in [2.24, 2.45) is 0 Å². The highest BCUT2D eigenvalue weighted by atomic mass is 35.5. The van der Waals surface area contributed by atoms with E-state index in [0.717, 1.165) is 64.8 Å². The van der Waals surface area contributed by atoms with Crippen LogP contribution in [0, 0.1) is 0 Å².